The molecule has 21 heavy (non-hydrogen) atoms. The summed E-state index contributed by atoms with van der Waals surface area (Å²) in [5, 5.41) is 0. The highest BCUT2D eigenvalue weighted by Gasteiger charge is 2.20. The van der Waals surface area contributed by atoms with Crippen LogP contribution >= 0.6 is 27.3 Å². The molecule has 4 nitrogen and oxygen atoms in total. The second-order valence-electron chi connectivity index (χ2n) is 4.53. The minimum absolute atomic E-state index is 0.283. The second-order valence-corrected chi connectivity index (χ2v) is 6.93. The first kappa shape index (κ1) is 16.1. The Morgan fingerprint density at radius 3 is 2.05 bits per heavy atom. The molecule has 2 N–H and O–H groups in total. The van der Waals surface area contributed by atoms with Crippen LogP contribution in [0.25, 0.3) is 0 Å². The van der Waals surface area contributed by atoms with Crippen LogP contribution in [0.2, 0.25) is 0 Å². The first-order chi connectivity index (χ1) is 10.0. The molecule has 1 atom stereocenters. The number of aryl methyl sites for hydroxylation is 1. The summed E-state index contributed by atoms with van der Waals surface area (Å²) in [4.78, 5) is 1.06. The molecule has 1 aromatic carbocycles. The van der Waals surface area contributed by atoms with Crippen molar-refractivity contribution in [1.29, 1.82) is 0 Å². The summed E-state index contributed by atoms with van der Waals surface area (Å²) in [6.07, 6.45) is 0. The SMILES string of the molecule is COc1cc(OC)c(C(N)c2cc(C)c(Br)s2)cc1OC. The summed E-state index contributed by atoms with van der Waals surface area (Å²) in [5.74, 6) is 1.94. The molecule has 0 aliphatic heterocycles. The van der Waals surface area contributed by atoms with Crippen LogP contribution in [-0.4, -0.2) is 21.3 Å². The number of halogens is 1. The number of hydrogen-bond donors (Lipinski definition) is 1. The van der Waals surface area contributed by atoms with Crippen molar-refractivity contribution in [3.05, 3.63) is 38.0 Å². The molecule has 0 fully saturated rings. The zero-order valence-corrected chi connectivity index (χ0v) is 14.8. The van der Waals surface area contributed by atoms with E-state index in [1.807, 2.05) is 13.0 Å². The Hall–Kier alpha value is -1.24. The Labute approximate surface area is 137 Å². The van der Waals surface area contributed by atoms with Crippen molar-refractivity contribution in [3.8, 4) is 17.2 Å². The van der Waals surface area contributed by atoms with Crippen molar-refractivity contribution in [2.75, 3.05) is 21.3 Å². The van der Waals surface area contributed by atoms with Crippen molar-refractivity contribution in [2.45, 2.75) is 13.0 Å². The van der Waals surface area contributed by atoms with Gasteiger partial charge in [0.1, 0.15) is 5.75 Å². The molecule has 114 valence electrons. The van der Waals surface area contributed by atoms with Crippen LogP contribution in [0.1, 0.15) is 22.0 Å². The standard InChI is InChI=1S/C15H18BrNO3S/c1-8-5-13(21-15(8)16)14(17)9-6-11(19-3)12(20-4)7-10(9)18-2/h5-7,14H,17H2,1-4H3. The Bertz CT molecular complexity index is 623. The molecular formula is C15H18BrNO3S. The van der Waals surface area contributed by atoms with E-state index < -0.39 is 0 Å². The summed E-state index contributed by atoms with van der Waals surface area (Å²) in [5.41, 5.74) is 8.44. The smallest absolute Gasteiger partial charge is 0.164 e. The van der Waals surface area contributed by atoms with E-state index in [1.54, 1.807) is 38.7 Å². The predicted octanol–water partition coefficient (Wildman–Crippen LogP) is 3.89. The number of methoxy groups -OCH3 is 3. The minimum atomic E-state index is -0.283. The molecule has 0 radical (unpaired) electrons. The molecule has 0 aliphatic rings. The maximum Gasteiger partial charge on any atom is 0.164 e. The molecule has 2 aromatic rings. The highest BCUT2D eigenvalue weighted by molar-refractivity contribution is 9.11. The number of thiophene rings is 1. The van der Waals surface area contributed by atoms with E-state index in [2.05, 4.69) is 22.0 Å². The molecule has 0 saturated carbocycles. The third-order valence-corrected chi connectivity index (χ3v) is 5.47. The third kappa shape index (κ3) is 3.17. The van der Waals surface area contributed by atoms with Crippen LogP contribution in [0, 0.1) is 6.92 Å². The average molecular weight is 372 g/mol. The largest absolute Gasteiger partial charge is 0.496 e. The van der Waals surface area contributed by atoms with Gasteiger partial charge in [-0.25, -0.2) is 0 Å². The zero-order chi connectivity index (χ0) is 15.6. The lowest BCUT2D eigenvalue weighted by molar-refractivity contribution is 0.347. The van der Waals surface area contributed by atoms with Crippen molar-refractivity contribution in [1.82, 2.24) is 0 Å². The lowest BCUT2D eigenvalue weighted by Crippen LogP contribution is -2.12. The lowest BCUT2D eigenvalue weighted by atomic mass is 10.0. The normalized spacial score (nSPS) is 12.1. The fraction of sp³-hybridized carbons (Fsp3) is 0.333. The molecule has 0 saturated heterocycles. The molecule has 2 rings (SSSR count). The molecule has 1 heterocycles. The van der Waals surface area contributed by atoms with Gasteiger partial charge in [0, 0.05) is 16.5 Å². The topological polar surface area (TPSA) is 53.7 Å². The summed E-state index contributed by atoms with van der Waals surface area (Å²) in [6.45, 7) is 2.04. The average Bonchev–Trinajstić information content (AvgIpc) is 2.84. The molecular weight excluding hydrogens is 354 g/mol. The van der Waals surface area contributed by atoms with Crippen molar-refractivity contribution in [2.24, 2.45) is 5.73 Å². The Balaban J connectivity index is 2.50. The van der Waals surface area contributed by atoms with Gasteiger partial charge < -0.3 is 19.9 Å². The number of nitrogens with two attached hydrogens (primary N) is 1. The van der Waals surface area contributed by atoms with Crippen LogP contribution in [0.5, 0.6) is 17.2 Å². The van der Waals surface area contributed by atoms with E-state index >= 15 is 0 Å². The van der Waals surface area contributed by atoms with Gasteiger partial charge in [-0.05, 0) is 40.5 Å². The van der Waals surface area contributed by atoms with E-state index in [4.69, 9.17) is 19.9 Å². The van der Waals surface area contributed by atoms with E-state index in [0.717, 1.165) is 14.2 Å². The van der Waals surface area contributed by atoms with Crippen molar-refractivity contribution < 1.29 is 14.2 Å². The molecule has 1 aromatic heterocycles. The number of hydrogen-bond acceptors (Lipinski definition) is 5. The van der Waals surface area contributed by atoms with Gasteiger partial charge >= 0.3 is 0 Å². The van der Waals surface area contributed by atoms with Gasteiger partial charge in [-0.2, -0.15) is 0 Å². The van der Waals surface area contributed by atoms with Crippen LogP contribution < -0.4 is 19.9 Å². The van der Waals surface area contributed by atoms with Gasteiger partial charge in [-0.15, -0.1) is 11.3 Å². The monoisotopic (exact) mass is 371 g/mol. The maximum atomic E-state index is 6.40. The minimum Gasteiger partial charge on any atom is -0.496 e. The number of ether oxygens (including phenoxy) is 3. The highest BCUT2D eigenvalue weighted by Crippen LogP contribution is 2.41. The van der Waals surface area contributed by atoms with Crippen LogP contribution in [0.15, 0.2) is 22.0 Å². The first-order valence-electron chi connectivity index (χ1n) is 6.33. The third-order valence-electron chi connectivity index (χ3n) is 3.25. The van der Waals surface area contributed by atoms with Crippen LogP contribution in [0.3, 0.4) is 0 Å². The lowest BCUT2D eigenvalue weighted by Gasteiger charge is -2.17. The summed E-state index contributed by atoms with van der Waals surface area (Å²) in [6, 6.07) is 5.46. The van der Waals surface area contributed by atoms with Gasteiger partial charge in [0.15, 0.2) is 11.5 Å². The maximum absolute atomic E-state index is 6.40. The zero-order valence-electron chi connectivity index (χ0n) is 12.4. The Morgan fingerprint density at radius 2 is 1.57 bits per heavy atom. The second kappa shape index (κ2) is 6.68. The molecule has 0 amide bonds. The van der Waals surface area contributed by atoms with Gasteiger partial charge in [-0.1, -0.05) is 0 Å². The Kier molecular flexibility index (Phi) is 5.13. The van der Waals surface area contributed by atoms with Crippen molar-refractivity contribution in [3.63, 3.8) is 0 Å². The molecule has 0 spiro atoms. The van der Waals surface area contributed by atoms with E-state index in [9.17, 15) is 0 Å². The van der Waals surface area contributed by atoms with Gasteiger partial charge in [0.2, 0.25) is 0 Å². The molecule has 6 heteroatoms. The molecule has 0 bridgehead atoms. The van der Waals surface area contributed by atoms with E-state index in [0.29, 0.717) is 17.2 Å². The molecule has 0 aliphatic carbocycles. The molecule has 1 unspecified atom stereocenters. The van der Waals surface area contributed by atoms with Gasteiger partial charge in [0.25, 0.3) is 0 Å². The summed E-state index contributed by atoms with van der Waals surface area (Å²) >= 11 is 5.15. The van der Waals surface area contributed by atoms with Gasteiger partial charge in [0.05, 0.1) is 31.2 Å². The first-order valence-corrected chi connectivity index (χ1v) is 7.94. The predicted molar refractivity (Wildman–Crippen MR) is 88.9 cm³/mol. The fourth-order valence-corrected chi connectivity index (χ4v) is 3.68. The van der Waals surface area contributed by atoms with Crippen LogP contribution in [-0.2, 0) is 0 Å². The number of benzene rings is 1. The van der Waals surface area contributed by atoms with Crippen LogP contribution in [0.4, 0.5) is 0 Å². The summed E-state index contributed by atoms with van der Waals surface area (Å²) < 4.78 is 17.2. The quantitative estimate of drug-likeness (QED) is 0.865. The van der Waals surface area contributed by atoms with E-state index in [-0.39, 0.29) is 6.04 Å². The highest BCUT2D eigenvalue weighted by atomic mass is 79.9. The van der Waals surface area contributed by atoms with Gasteiger partial charge in [-0.3, -0.25) is 0 Å². The summed E-state index contributed by atoms with van der Waals surface area (Å²) in [7, 11) is 4.81. The van der Waals surface area contributed by atoms with Crippen molar-refractivity contribution >= 4 is 27.3 Å². The Morgan fingerprint density at radius 1 is 1.00 bits per heavy atom. The fourth-order valence-electron chi connectivity index (χ4n) is 2.09. The number of rotatable bonds is 5. The van der Waals surface area contributed by atoms with E-state index in [1.165, 1.54) is 5.56 Å².